The Balaban J connectivity index is 1.56. The molecule has 0 radical (unpaired) electrons. The molecule has 0 fully saturated rings. The van der Waals surface area contributed by atoms with Gasteiger partial charge in [-0.3, -0.25) is 4.79 Å². The predicted molar refractivity (Wildman–Crippen MR) is 109 cm³/mol. The van der Waals surface area contributed by atoms with E-state index in [-0.39, 0.29) is 11.9 Å². The molecule has 5 heteroatoms. The lowest BCUT2D eigenvalue weighted by molar-refractivity contribution is -0.121. The van der Waals surface area contributed by atoms with Gasteiger partial charge in [0.25, 0.3) is 0 Å². The van der Waals surface area contributed by atoms with E-state index in [0.29, 0.717) is 13.0 Å². The highest BCUT2D eigenvalue weighted by Gasteiger charge is 2.15. The zero-order valence-corrected chi connectivity index (χ0v) is 16.2. The minimum absolute atomic E-state index is 0.0700. The van der Waals surface area contributed by atoms with Gasteiger partial charge in [0.1, 0.15) is 5.75 Å². The quantitative estimate of drug-likeness (QED) is 0.642. The monoisotopic (exact) mass is 365 g/mol. The molecule has 2 aromatic carbocycles. The van der Waals surface area contributed by atoms with Crippen molar-refractivity contribution in [3.8, 4) is 5.75 Å². The number of nitrogens with one attached hydrogen (secondary N) is 2. The maximum absolute atomic E-state index is 12.4. The Hall–Kier alpha value is -2.79. The van der Waals surface area contributed by atoms with E-state index in [2.05, 4.69) is 27.3 Å². The highest BCUT2D eigenvalue weighted by molar-refractivity contribution is 5.84. The molecule has 1 heterocycles. The second-order valence-corrected chi connectivity index (χ2v) is 6.92. The number of hydrogen-bond donors (Lipinski definition) is 2. The van der Waals surface area contributed by atoms with E-state index in [0.717, 1.165) is 23.3 Å². The smallest absolute Gasteiger partial charge is 0.220 e. The average molecular weight is 365 g/mol. The molecule has 0 saturated heterocycles. The Kier molecular flexibility index (Phi) is 6.14. The number of H-pyrrole nitrogens is 1. The van der Waals surface area contributed by atoms with Gasteiger partial charge < -0.3 is 19.9 Å². The third-order valence-corrected chi connectivity index (χ3v) is 4.91. The molecule has 2 N–H and O–H groups in total. The van der Waals surface area contributed by atoms with Crippen LogP contribution in [0.3, 0.4) is 0 Å². The fourth-order valence-electron chi connectivity index (χ4n) is 3.31. The van der Waals surface area contributed by atoms with Crippen LogP contribution in [-0.4, -0.2) is 43.5 Å². The molecule has 0 aliphatic rings. The summed E-state index contributed by atoms with van der Waals surface area (Å²) in [5.74, 6) is 0.902. The van der Waals surface area contributed by atoms with Gasteiger partial charge in [0.05, 0.1) is 13.2 Å². The number of amides is 1. The minimum Gasteiger partial charge on any atom is -0.497 e. The fraction of sp³-hybridized carbons (Fsp3) is 0.318. The first-order valence-corrected chi connectivity index (χ1v) is 9.20. The van der Waals surface area contributed by atoms with Crippen LogP contribution in [0.25, 0.3) is 10.9 Å². The van der Waals surface area contributed by atoms with Gasteiger partial charge >= 0.3 is 0 Å². The molecule has 0 spiro atoms. The summed E-state index contributed by atoms with van der Waals surface area (Å²) in [6, 6.07) is 16.3. The first-order chi connectivity index (χ1) is 13.1. The summed E-state index contributed by atoms with van der Waals surface area (Å²) in [6.45, 7) is 0.575. The number of rotatable bonds is 8. The fourth-order valence-corrected chi connectivity index (χ4v) is 3.31. The lowest BCUT2D eigenvalue weighted by atomic mass is 10.1. The SMILES string of the molecule is COc1ccc(C(CNC(=O)CCc2c[nH]c3ccccc23)N(C)C)cc1. The van der Waals surface area contributed by atoms with Crippen molar-refractivity contribution in [1.82, 2.24) is 15.2 Å². The van der Waals surface area contributed by atoms with Crippen molar-refractivity contribution in [1.29, 1.82) is 0 Å². The number of nitrogens with zero attached hydrogens (tertiary/aromatic N) is 1. The molecule has 1 unspecified atom stereocenters. The number of methoxy groups -OCH3 is 1. The van der Waals surface area contributed by atoms with Crippen LogP contribution in [-0.2, 0) is 11.2 Å². The molecule has 3 rings (SSSR count). The number of fused-ring (bicyclic) bond motifs is 1. The maximum Gasteiger partial charge on any atom is 0.220 e. The number of para-hydroxylation sites is 1. The number of carbonyl (C=O) groups excluding carboxylic acids is 1. The van der Waals surface area contributed by atoms with E-state index in [4.69, 9.17) is 4.74 Å². The van der Waals surface area contributed by atoms with Crippen LogP contribution >= 0.6 is 0 Å². The summed E-state index contributed by atoms with van der Waals surface area (Å²) in [5, 5.41) is 4.27. The summed E-state index contributed by atoms with van der Waals surface area (Å²) >= 11 is 0. The van der Waals surface area contributed by atoms with Crippen molar-refractivity contribution in [3.63, 3.8) is 0 Å². The standard InChI is InChI=1S/C22H27N3O2/c1-25(2)21(16-8-11-18(27-3)12-9-16)15-24-22(26)13-10-17-14-23-20-7-5-4-6-19(17)20/h4-9,11-12,14,21,23H,10,13,15H2,1-3H3,(H,24,26). The lowest BCUT2D eigenvalue weighted by Crippen LogP contribution is -2.34. The highest BCUT2D eigenvalue weighted by atomic mass is 16.5. The third kappa shape index (κ3) is 4.68. The van der Waals surface area contributed by atoms with Crippen LogP contribution in [0.2, 0.25) is 0 Å². The van der Waals surface area contributed by atoms with Gasteiger partial charge in [-0.2, -0.15) is 0 Å². The van der Waals surface area contributed by atoms with Crippen molar-refractivity contribution in [2.75, 3.05) is 27.7 Å². The lowest BCUT2D eigenvalue weighted by Gasteiger charge is -2.25. The zero-order chi connectivity index (χ0) is 19.2. The van der Waals surface area contributed by atoms with E-state index in [9.17, 15) is 4.79 Å². The van der Waals surface area contributed by atoms with Crippen molar-refractivity contribution in [2.24, 2.45) is 0 Å². The van der Waals surface area contributed by atoms with E-state index in [1.54, 1.807) is 7.11 Å². The second-order valence-electron chi connectivity index (χ2n) is 6.92. The van der Waals surface area contributed by atoms with Crippen LogP contribution in [0, 0.1) is 0 Å². The van der Waals surface area contributed by atoms with E-state index < -0.39 is 0 Å². The first-order valence-electron chi connectivity index (χ1n) is 9.20. The number of aromatic nitrogens is 1. The Bertz CT molecular complexity index is 884. The Labute approximate surface area is 160 Å². The number of aryl methyl sites for hydroxylation is 1. The van der Waals surface area contributed by atoms with E-state index in [1.165, 1.54) is 10.9 Å². The largest absolute Gasteiger partial charge is 0.497 e. The third-order valence-electron chi connectivity index (χ3n) is 4.91. The molecular formula is C22H27N3O2. The van der Waals surface area contributed by atoms with Crippen molar-refractivity contribution >= 4 is 16.8 Å². The van der Waals surface area contributed by atoms with Crippen LogP contribution in [0.4, 0.5) is 0 Å². The molecular weight excluding hydrogens is 338 g/mol. The molecule has 27 heavy (non-hydrogen) atoms. The molecule has 0 aliphatic heterocycles. The van der Waals surface area contributed by atoms with Crippen LogP contribution in [0.5, 0.6) is 5.75 Å². The molecule has 0 bridgehead atoms. The van der Waals surface area contributed by atoms with Gasteiger partial charge in [-0.25, -0.2) is 0 Å². The van der Waals surface area contributed by atoms with E-state index >= 15 is 0 Å². The summed E-state index contributed by atoms with van der Waals surface area (Å²) < 4.78 is 5.22. The van der Waals surface area contributed by atoms with Gasteiger partial charge in [0, 0.05) is 30.1 Å². The van der Waals surface area contributed by atoms with Crippen molar-refractivity contribution < 1.29 is 9.53 Å². The highest BCUT2D eigenvalue weighted by Crippen LogP contribution is 2.21. The molecule has 1 atom stereocenters. The Morgan fingerprint density at radius 1 is 1.15 bits per heavy atom. The van der Waals surface area contributed by atoms with Crippen LogP contribution < -0.4 is 10.1 Å². The maximum atomic E-state index is 12.4. The molecule has 1 aromatic heterocycles. The summed E-state index contributed by atoms with van der Waals surface area (Å²) in [5.41, 5.74) is 3.44. The molecule has 5 nitrogen and oxygen atoms in total. The number of likely N-dealkylation sites (N-methyl/N-ethyl adjacent to an activating group) is 1. The zero-order valence-electron chi connectivity index (χ0n) is 16.2. The summed E-state index contributed by atoms with van der Waals surface area (Å²) in [6.07, 6.45) is 3.20. The molecule has 142 valence electrons. The number of carbonyl (C=O) groups is 1. The number of hydrogen-bond acceptors (Lipinski definition) is 3. The van der Waals surface area contributed by atoms with Crippen molar-refractivity contribution in [3.05, 3.63) is 65.9 Å². The van der Waals surface area contributed by atoms with Gasteiger partial charge in [0.15, 0.2) is 0 Å². The summed E-state index contributed by atoms with van der Waals surface area (Å²) in [4.78, 5) is 17.7. The normalized spacial score (nSPS) is 12.3. The summed E-state index contributed by atoms with van der Waals surface area (Å²) in [7, 11) is 5.70. The molecule has 0 aliphatic carbocycles. The van der Waals surface area contributed by atoms with E-state index in [1.807, 2.05) is 56.7 Å². The number of ether oxygens (including phenoxy) is 1. The van der Waals surface area contributed by atoms with Gasteiger partial charge in [-0.15, -0.1) is 0 Å². The van der Waals surface area contributed by atoms with Gasteiger partial charge in [0.2, 0.25) is 5.91 Å². The number of aromatic amines is 1. The predicted octanol–water partition coefficient (Wildman–Crippen LogP) is 3.53. The van der Waals surface area contributed by atoms with Gasteiger partial charge in [-0.1, -0.05) is 30.3 Å². The molecule has 1 amide bonds. The molecule has 0 saturated carbocycles. The van der Waals surface area contributed by atoms with Crippen molar-refractivity contribution in [2.45, 2.75) is 18.9 Å². The first kappa shape index (κ1) is 19.0. The van der Waals surface area contributed by atoms with Crippen LogP contribution in [0.15, 0.2) is 54.7 Å². The second kappa shape index (κ2) is 8.73. The number of benzene rings is 2. The average Bonchev–Trinajstić information content (AvgIpc) is 3.10. The topological polar surface area (TPSA) is 57.4 Å². The minimum atomic E-state index is 0.0700. The van der Waals surface area contributed by atoms with Crippen LogP contribution in [0.1, 0.15) is 23.6 Å². The Morgan fingerprint density at radius 3 is 2.59 bits per heavy atom. The molecule has 3 aromatic rings. The van der Waals surface area contributed by atoms with Gasteiger partial charge in [-0.05, 0) is 49.8 Å². The Morgan fingerprint density at radius 2 is 1.89 bits per heavy atom.